The fourth-order valence-electron chi connectivity index (χ4n) is 2.79. The van der Waals surface area contributed by atoms with Crippen LogP contribution in [0.4, 0.5) is 0 Å². The van der Waals surface area contributed by atoms with Crippen LogP contribution in [-0.4, -0.2) is 74.9 Å². The molecule has 2 aliphatic rings. The number of sulfone groups is 1. The summed E-state index contributed by atoms with van der Waals surface area (Å²) in [6, 6.07) is -0.724. The molecular formula is C12H22N2O5S2. The molecule has 1 unspecified atom stereocenters. The van der Waals surface area contributed by atoms with Crippen molar-refractivity contribution in [3.8, 4) is 0 Å². The normalized spacial score (nSPS) is 25.0. The van der Waals surface area contributed by atoms with E-state index in [2.05, 4.69) is 0 Å². The van der Waals surface area contributed by atoms with E-state index in [1.54, 1.807) is 0 Å². The highest BCUT2D eigenvalue weighted by Crippen LogP contribution is 2.26. The quantitative estimate of drug-likeness (QED) is 0.676. The van der Waals surface area contributed by atoms with Crippen molar-refractivity contribution in [3.05, 3.63) is 0 Å². The van der Waals surface area contributed by atoms with Gasteiger partial charge in [0.15, 0.2) is 9.84 Å². The van der Waals surface area contributed by atoms with E-state index in [0.29, 0.717) is 13.0 Å². The first-order valence-electron chi connectivity index (χ1n) is 7.01. The highest BCUT2D eigenvalue weighted by molar-refractivity contribution is 7.91. The first-order chi connectivity index (χ1) is 9.54. The van der Waals surface area contributed by atoms with Gasteiger partial charge in [-0.25, -0.2) is 16.8 Å². The van der Waals surface area contributed by atoms with E-state index in [1.807, 2.05) is 13.8 Å². The lowest BCUT2D eigenvalue weighted by Crippen LogP contribution is -2.62. The summed E-state index contributed by atoms with van der Waals surface area (Å²) in [4.78, 5) is 14.0. The molecule has 2 heterocycles. The number of hydrogen-bond donors (Lipinski definition) is 0. The topological polar surface area (TPSA) is 91.8 Å². The van der Waals surface area contributed by atoms with Crippen LogP contribution in [0, 0.1) is 5.92 Å². The molecule has 0 saturated carbocycles. The van der Waals surface area contributed by atoms with Crippen molar-refractivity contribution in [1.29, 1.82) is 0 Å². The summed E-state index contributed by atoms with van der Waals surface area (Å²) in [6.07, 6.45) is 1.69. The van der Waals surface area contributed by atoms with Gasteiger partial charge >= 0.3 is 0 Å². The van der Waals surface area contributed by atoms with Gasteiger partial charge in [0.25, 0.3) is 0 Å². The minimum absolute atomic E-state index is 0.0788. The van der Waals surface area contributed by atoms with E-state index in [4.69, 9.17) is 0 Å². The fraction of sp³-hybridized carbons (Fsp3) is 0.917. The van der Waals surface area contributed by atoms with E-state index in [0.717, 1.165) is 6.26 Å². The summed E-state index contributed by atoms with van der Waals surface area (Å²) in [6.45, 7) is 4.30. The predicted octanol–water partition coefficient (Wildman–Crippen LogP) is -0.698. The zero-order chi connectivity index (χ0) is 16.0. The van der Waals surface area contributed by atoms with Crippen molar-refractivity contribution in [2.45, 2.75) is 31.6 Å². The van der Waals surface area contributed by atoms with Gasteiger partial charge in [0.05, 0.1) is 11.0 Å². The maximum Gasteiger partial charge on any atom is 0.241 e. The molecule has 2 saturated heterocycles. The Bertz CT molecular complexity index is 620. The van der Waals surface area contributed by atoms with Gasteiger partial charge in [0, 0.05) is 25.9 Å². The molecule has 1 atom stereocenters. The van der Waals surface area contributed by atoms with Crippen LogP contribution in [0.25, 0.3) is 0 Å². The molecule has 0 bridgehead atoms. The maximum absolute atomic E-state index is 12.5. The Morgan fingerprint density at radius 3 is 2.19 bits per heavy atom. The van der Waals surface area contributed by atoms with Crippen LogP contribution in [0.3, 0.4) is 0 Å². The van der Waals surface area contributed by atoms with Crippen molar-refractivity contribution in [2.75, 3.05) is 31.6 Å². The third-order valence-electron chi connectivity index (χ3n) is 4.10. The number of nitrogens with zero attached hydrogens (tertiary/aromatic N) is 2. The van der Waals surface area contributed by atoms with Gasteiger partial charge in [0.2, 0.25) is 15.9 Å². The number of likely N-dealkylation sites (tertiary alicyclic amines) is 1. The molecule has 2 rings (SSSR count). The smallest absolute Gasteiger partial charge is 0.241 e. The van der Waals surface area contributed by atoms with Gasteiger partial charge in [-0.2, -0.15) is 4.31 Å². The Morgan fingerprint density at radius 1 is 1.24 bits per heavy atom. The Hall–Kier alpha value is -0.670. The van der Waals surface area contributed by atoms with Gasteiger partial charge in [-0.05, 0) is 12.3 Å². The Balaban J connectivity index is 2.12. The standard InChI is InChI=1S/C12H22N2O5S2/c1-9(2)11(14-5-4-6-21(14,18)19)12(15)13-7-10(8-13)20(3,16)17/h9-11H,4-8H2,1-3H3. The molecule has 9 heteroatoms. The number of amides is 1. The fourth-order valence-corrected chi connectivity index (χ4v) is 5.50. The van der Waals surface area contributed by atoms with E-state index < -0.39 is 31.2 Å². The van der Waals surface area contributed by atoms with Crippen molar-refractivity contribution in [2.24, 2.45) is 5.92 Å². The van der Waals surface area contributed by atoms with Gasteiger partial charge in [-0.15, -0.1) is 0 Å². The summed E-state index contributed by atoms with van der Waals surface area (Å²) in [5.74, 6) is -0.354. The highest BCUT2D eigenvalue weighted by Gasteiger charge is 2.45. The molecule has 0 N–H and O–H groups in total. The average molecular weight is 338 g/mol. The van der Waals surface area contributed by atoms with E-state index in [1.165, 1.54) is 9.21 Å². The van der Waals surface area contributed by atoms with Gasteiger partial charge in [-0.3, -0.25) is 4.79 Å². The number of carbonyl (C=O) groups is 1. The Labute approximate surface area is 126 Å². The molecule has 0 aromatic heterocycles. The molecule has 1 amide bonds. The van der Waals surface area contributed by atoms with Crippen molar-refractivity contribution in [1.82, 2.24) is 9.21 Å². The molecular weight excluding hydrogens is 316 g/mol. The van der Waals surface area contributed by atoms with Crippen LogP contribution >= 0.6 is 0 Å². The minimum atomic E-state index is -3.37. The SMILES string of the molecule is CC(C)C(C(=O)N1CC(S(C)(=O)=O)C1)N1CCCS1(=O)=O. The monoisotopic (exact) mass is 338 g/mol. The summed E-state index contributed by atoms with van der Waals surface area (Å²) >= 11 is 0. The first kappa shape index (κ1) is 16.7. The molecule has 2 aliphatic heterocycles. The van der Waals surface area contributed by atoms with E-state index in [-0.39, 0.29) is 30.7 Å². The van der Waals surface area contributed by atoms with Gasteiger partial charge in [0.1, 0.15) is 6.04 Å². The largest absolute Gasteiger partial charge is 0.339 e. The predicted molar refractivity (Wildman–Crippen MR) is 78.9 cm³/mol. The van der Waals surface area contributed by atoms with E-state index >= 15 is 0 Å². The lowest BCUT2D eigenvalue weighted by atomic mass is 10.0. The number of hydrogen-bond acceptors (Lipinski definition) is 5. The number of carbonyl (C=O) groups excluding carboxylic acids is 1. The molecule has 0 aromatic rings. The molecule has 0 spiro atoms. The van der Waals surface area contributed by atoms with Crippen molar-refractivity contribution in [3.63, 3.8) is 0 Å². The maximum atomic E-state index is 12.5. The second-order valence-electron chi connectivity index (χ2n) is 6.16. The van der Waals surface area contributed by atoms with Crippen LogP contribution in [0.5, 0.6) is 0 Å². The third kappa shape index (κ3) is 3.24. The van der Waals surface area contributed by atoms with Crippen LogP contribution in [0.1, 0.15) is 20.3 Å². The zero-order valence-electron chi connectivity index (χ0n) is 12.5. The Morgan fingerprint density at radius 2 is 1.81 bits per heavy atom. The number of sulfonamides is 1. The molecule has 7 nitrogen and oxygen atoms in total. The zero-order valence-corrected chi connectivity index (χ0v) is 14.2. The summed E-state index contributed by atoms with van der Waals surface area (Å²) in [7, 11) is -6.51. The lowest BCUT2D eigenvalue weighted by molar-refractivity contribution is -0.139. The molecule has 0 aliphatic carbocycles. The van der Waals surface area contributed by atoms with Crippen LogP contribution < -0.4 is 0 Å². The second-order valence-corrected chi connectivity index (χ2v) is 10.5. The van der Waals surface area contributed by atoms with Gasteiger partial charge in [-0.1, -0.05) is 13.8 Å². The lowest BCUT2D eigenvalue weighted by Gasteiger charge is -2.42. The second kappa shape index (κ2) is 5.51. The summed E-state index contributed by atoms with van der Waals surface area (Å²) in [5, 5.41) is -0.524. The summed E-state index contributed by atoms with van der Waals surface area (Å²) in [5.41, 5.74) is 0. The first-order valence-corrected chi connectivity index (χ1v) is 10.6. The van der Waals surface area contributed by atoms with Crippen LogP contribution in [-0.2, 0) is 24.7 Å². The van der Waals surface area contributed by atoms with Crippen LogP contribution in [0.2, 0.25) is 0 Å². The van der Waals surface area contributed by atoms with Gasteiger partial charge < -0.3 is 4.90 Å². The van der Waals surface area contributed by atoms with Crippen molar-refractivity contribution >= 4 is 25.8 Å². The summed E-state index contributed by atoms with van der Waals surface area (Å²) < 4.78 is 48.1. The highest BCUT2D eigenvalue weighted by atomic mass is 32.2. The Kier molecular flexibility index (Phi) is 4.38. The molecule has 21 heavy (non-hydrogen) atoms. The van der Waals surface area contributed by atoms with Crippen LogP contribution in [0.15, 0.2) is 0 Å². The molecule has 0 aromatic carbocycles. The molecule has 2 fully saturated rings. The van der Waals surface area contributed by atoms with E-state index in [9.17, 15) is 21.6 Å². The average Bonchev–Trinajstić information content (AvgIpc) is 2.54. The van der Waals surface area contributed by atoms with Crippen molar-refractivity contribution < 1.29 is 21.6 Å². The molecule has 0 radical (unpaired) electrons. The number of rotatable bonds is 4. The molecule has 122 valence electrons. The minimum Gasteiger partial charge on any atom is -0.339 e. The third-order valence-corrected chi connectivity index (χ3v) is 7.54.